The Labute approximate surface area is 143 Å². The maximum absolute atomic E-state index is 12.1. The van der Waals surface area contributed by atoms with E-state index >= 15 is 0 Å². The molecule has 9 heteroatoms. The molecule has 0 radical (unpaired) electrons. The molecule has 3 N–H and O–H groups in total. The maximum atomic E-state index is 12.1. The Balaban J connectivity index is 1.95. The van der Waals surface area contributed by atoms with Crippen LogP contribution < -0.4 is 16.0 Å². The highest BCUT2D eigenvalue weighted by atomic mass is 16.5. The summed E-state index contributed by atoms with van der Waals surface area (Å²) in [4.78, 5) is 46.4. The van der Waals surface area contributed by atoms with Crippen LogP contribution in [0.25, 0.3) is 0 Å². The predicted octanol–water partition coefficient (Wildman–Crippen LogP) is -0.685. The number of rotatable bonds is 7. The van der Waals surface area contributed by atoms with Crippen molar-refractivity contribution in [2.75, 3.05) is 32.1 Å². The van der Waals surface area contributed by atoms with Crippen molar-refractivity contribution < 1.29 is 28.7 Å². The molecule has 25 heavy (non-hydrogen) atoms. The third kappa shape index (κ3) is 5.06. The molecular formula is C16H17N3O6. The Bertz CT molecular complexity index is 714. The molecule has 0 fully saturated rings. The van der Waals surface area contributed by atoms with Gasteiger partial charge in [0.2, 0.25) is 17.6 Å². The zero-order valence-corrected chi connectivity index (χ0v) is 13.5. The van der Waals surface area contributed by atoms with E-state index in [1.807, 2.05) is 6.07 Å². The van der Waals surface area contributed by atoms with Crippen LogP contribution in [-0.2, 0) is 28.7 Å². The molecule has 0 aliphatic carbocycles. The summed E-state index contributed by atoms with van der Waals surface area (Å²) in [7, 11) is 1.42. The number of esters is 1. The van der Waals surface area contributed by atoms with Crippen LogP contribution >= 0.6 is 0 Å². The van der Waals surface area contributed by atoms with Gasteiger partial charge in [0.1, 0.15) is 0 Å². The summed E-state index contributed by atoms with van der Waals surface area (Å²) in [6.07, 6.45) is 0. The molecule has 132 valence electrons. The average Bonchev–Trinajstić information content (AvgIpc) is 2.98. The number of hydrogen-bond donors (Lipinski definition) is 3. The fraction of sp³-hybridized carbons (Fsp3) is 0.250. The van der Waals surface area contributed by atoms with Gasteiger partial charge in [-0.1, -0.05) is 18.2 Å². The number of benzene rings is 1. The fourth-order valence-corrected chi connectivity index (χ4v) is 1.89. The van der Waals surface area contributed by atoms with Crippen LogP contribution in [0.1, 0.15) is 0 Å². The fourth-order valence-electron chi connectivity index (χ4n) is 1.89. The van der Waals surface area contributed by atoms with Gasteiger partial charge in [0, 0.05) is 12.7 Å². The van der Waals surface area contributed by atoms with Crippen molar-refractivity contribution in [2.24, 2.45) is 0 Å². The van der Waals surface area contributed by atoms with E-state index < -0.39 is 30.2 Å². The number of anilines is 1. The lowest BCUT2D eigenvalue weighted by atomic mass is 10.2. The summed E-state index contributed by atoms with van der Waals surface area (Å²) in [5.74, 6) is -2.60. The smallest absolute Gasteiger partial charge is 0.347 e. The molecule has 0 saturated heterocycles. The lowest BCUT2D eigenvalue weighted by molar-refractivity contribution is -0.145. The Kier molecular flexibility index (Phi) is 6.10. The van der Waals surface area contributed by atoms with Crippen LogP contribution in [0.2, 0.25) is 0 Å². The van der Waals surface area contributed by atoms with Gasteiger partial charge in [-0.3, -0.25) is 14.4 Å². The Morgan fingerprint density at radius 3 is 2.56 bits per heavy atom. The number of para-hydroxylation sites is 1. The van der Waals surface area contributed by atoms with Gasteiger partial charge >= 0.3 is 5.97 Å². The topological polar surface area (TPSA) is 123 Å². The first-order chi connectivity index (χ1) is 12.0. The first-order valence-electron chi connectivity index (χ1n) is 7.38. The van der Waals surface area contributed by atoms with Crippen LogP contribution in [0.5, 0.6) is 0 Å². The van der Waals surface area contributed by atoms with Gasteiger partial charge in [-0.05, 0) is 12.1 Å². The number of amides is 2. The van der Waals surface area contributed by atoms with E-state index in [0.29, 0.717) is 5.69 Å². The number of Topliss-reactive ketones (excluding diaryl/α,β-unsaturated/α-hetero) is 1. The minimum atomic E-state index is -0.976. The predicted molar refractivity (Wildman–Crippen MR) is 86.1 cm³/mol. The van der Waals surface area contributed by atoms with E-state index in [4.69, 9.17) is 9.47 Å². The van der Waals surface area contributed by atoms with Gasteiger partial charge < -0.3 is 25.4 Å². The third-order valence-electron chi connectivity index (χ3n) is 3.15. The van der Waals surface area contributed by atoms with Crippen molar-refractivity contribution >= 4 is 29.3 Å². The lowest BCUT2D eigenvalue weighted by Crippen LogP contribution is -2.37. The highest BCUT2D eigenvalue weighted by molar-refractivity contribution is 6.20. The Morgan fingerprint density at radius 2 is 1.88 bits per heavy atom. The summed E-state index contributed by atoms with van der Waals surface area (Å²) in [5.41, 5.74) is 0.337. The molecule has 1 heterocycles. The zero-order valence-electron chi connectivity index (χ0n) is 13.5. The van der Waals surface area contributed by atoms with Crippen LogP contribution in [0.3, 0.4) is 0 Å². The van der Waals surface area contributed by atoms with E-state index in [2.05, 4.69) is 16.0 Å². The summed E-state index contributed by atoms with van der Waals surface area (Å²) < 4.78 is 9.98. The normalized spacial score (nSPS) is 13.1. The second-order valence-corrected chi connectivity index (χ2v) is 4.93. The van der Waals surface area contributed by atoms with Crippen LogP contribution in [0.4, 0.5) is 5.69 Å². The van der Waals surface area contributed by atoms with Crippen molar-refractivity contribution in [3.05, 3.63) is 41.8 Å². The largest absolute Gasteiger partial charge is 0.470 e. The molecule has 0 atom stereocenters. The van der Waals surface area contributed by atoms with Gasteiger partial charge in [-0.15, -0.1) is 0 Å². The van der Waals surface area contributed by atoms with Crippen molar-refractivity contribution in [1.82, 2.24) is 10.6 Å². The van der Waals surface area contributed by atoms with E-state index in [-0.39, 0.29) is 24.6 Å². The molecule has 9 nitrogen and oxygen atoms in total. The number of carbonyl (C=O) groups is 4. The standard InChI is InChI=1S/C16H17N3O6/c1-17-12(21)7-18-13(22)9-25-16(23)14-11(20)8-24-15(14)19-10-5-3-2-4-6-10/h2-6,19H,7-9H2,1H3,(H,17,21)(H,18,22). The molecule has 0 bridgehead atoms. The number of carbonyl (C=O) groups excluding carboxylic acids is 4. The summed E-state index contributed by atoms with van der Waals surface area (Å²) in [6.45, 7) is -1.15. The molecule has 0 spiro atoms. The van der Waals surface area contributed by atoms with Gasteiger partial charge in [0.05, 0.1) is 6.54 Å². The summed E-state index contributed by atoms with van der Waals surface area (Å²) in [5, 5.41) is 7.41. The molecule has 1 aliphatic heterocycles. The molecule has 1 aliphatic rings. The monoisotopic (exact) mass is 347 g/mol. The van der Waals surface area contributed by atoms with Gasteiger partial charge in [-0.25, -0.2) is 4.79 Å². The number of ether oxygens (including phenoxy) is 2. The van der Waals surface area contributed by atoms with Crippen LogP contribution in [-0.4, -0.2) is 50.4 Å². The quantitative estimate of drug-likeness (QED) is 0.441. The first kappa shape index (κ1) is 18.0. The minimum Gasteiger partial charge on any atom is -0.470 e. The lowest BCUT2D eigenvalue weighted by Gasteiger charge is -2.09. The molecule has 0 aromatic heterocycles. The minimum absolute atomic E-state index is 0.0213. The highest BCUT2D eigenvalue weighted by Crippen LogP contribution is 2.20. The van der Waals surface area contributed by atoms with Gasteiger partial charge in [0.15, 0.2) is 18.8 Å². The molecule has 1 aromatic carbocycles. The van der Waals surface area contributed by atoms with E-state index in [9.17, 15) is 19.2 Å². The highest BCUT2D eigenvalue weighted by Gasteiger charge is 2.32. The third-order valence-corrected chi connectivity index (χ3v) is 3.15. The Hall–Kier alpha value is -3.36. The Morgan fingerprint density at radius 1 is 1.16 bits per heavy atom. The molecule has 2 amide bonds. The van der Waals surface area contributed by atoms with Crippen molar-refractivity contribution in [1.29, 1.82) is 0 Å². The summed E-state index contributed by atoms with van der Waals surface area (Å²) in [6, 6.07) is 8.82. The first-order valence-corrected chi connectivity index (χ1v) is 7.38. The van der Waals surface area contributed by atoms with Crippen LogP contribution in [0.15, 0.2) is 41.8 Å². The van der Waals surface area contributed by atoms with Gasteiger partial charge in [0.25, 0.3) is 5.91 Å². The molecule has 2 rings (SSSR count). The average molecular weight is 347 g/mol. The second-order valence-electron chi connectivity index (χ2n) is 4.93. The van der Waals surface area contributed by atoms with E-state index in [1.165, 1.54) is 7.05 Å². The summed E-state index contributed by atoms with van der Waals surface area (Å²) >= 11 is 0. The number of hydrogen-bond acceptors (Lipinski definition) is 7. The number of likely N-dealkylation sites (N-methyl/N-ethyl adjacent to an activating group) is 1. The zero-order chi connectivity index (χ0) is 18.2. The van der Waals surface area contributed by atoms with Gasteiger partial charge in [-0.2, -0.15) is 0 Å². The van der Waals surface area contributed by atoms with Crippen LogP contribution in [0, 0.1) is 0 Å². The van der Waals surface area contributed by atoms with Crippen molar-refractivity contribution in [2.45, 2.75) is 0 Å². The molecular weight excluding hydrogens is 330 g/mol. The molecule has 0 unspecified atom stereocenters. The maximum Gasteiger partial charge on any atom is 0.347 e. The molecule has 0 saturated carbocycles. The second kappa shape index (κ2) is 8.48. The van der Waals surface area contributed by atoms with Crippen molar-refractivity contribution in [3.63, 3.8) is 0 Å². The van der Waals surface area contributed by atoms with Crippen molar-refractivity contribution in [3.8, 4) is 0 Å². The number of nitrogens with one attached hydrogen (secondary N) is 3. The number of ketones is 1. The molecule has 1 aromatic rings. The van der Waals surface area contributed by atoms with E-state index in [1.54, 1.807) is 24.3 Å². The van der Waals surface area contributed by atoms with E-state index in [0.717, 1.165) is 0 Å². The SMILES string of the molecule is CNC(=O)CNC(=O)COC(=O)C1=C(Nc2ccccc2)OCC1=O.